The minimum atomic E-state index is 0.161. The predicted molar refractivity (Wildman–Crippen MR) is 65.0 cm³/mol. The van der Waals surface area contributed by atoms with Gasteiger partial charge in [0.15, 0.2) is 0 Å². The standard InChI is InChI=1S/C12H17NOS/c1-13-8-7-11(15)12(13)14-9-10-5-3-2-4-6-10/h2-6,11-12,15H,7-9H2,1H3. The second kappa shape index (κ2) is 5.01. The van der Waals surface area contributed by atoms with Crippen molar-refractivity contribution in [1.82, 2.24) is 4.90 Å². The Morgan fingerprint density at radius 3 is 2.73 bits per heavy atom. The third-order valence-corrected chi connectivity index (χ3v) is 3.32. The number of nitrogens with zero attached hydrogens (tertiary/aromatic N) is 1. The monoisotopic (exact) mass is 223 g/mol. The van der Waals surface area contributed by atoms with Gasteiger partial charge in [-0.2, -0.15) is 12.6 Å². The van der Waals surface area contributed by atoms with E-state index in [1.807, 2.05) is 18.2 Å². The van der Waals surface area contributed by atoms with Gasteiger partial charge in [-0.15, -0.1) is 0 Å². The maximum absolute atomic E-state index is 5.86. The van der Waals surface area contributed by atoms with Crippen molar-refractivity contribution in [3.05, 3.63) is 35.9 Å². The van der Waals surface area contributed by atoms with Crippen molar-refractivity contribution in [2.75, 3.05) is 13.6 Å². The van der Waals surface area contributed by atoms with Gasteiger partial charge in [-0.3, -0.25) is 4.90 Å². The molecule has 2 nitrogen and oxygen atoms in total. The van der Waals surface area contributed by atoms with Gasteiger partial charge in [-0.1, -0.05) is 30.3 Å². The fourth-order valence-corrected chi connectivity index (χ4v) is 2.32. The van der Waals surface area contributed by atoms with Crippen LogP contribution >= 0.6 is 12.6 Å². The summed E-state index contributed by atoms with van der Waals surface area (Å²) in [6, 6.07) is 10.3. The van der Waals surface area contributed by atoms with Crippen LogP contribution in [0.25, 0.3) is 0 Å². The Hall–Kier alpha value is -0.510. The molecular weight excluding hydrogens is 206 g/mol. The van der Waals surface area contributed by atoms with Gasteiger partial charge in [0.1, 0.15) is 6.23 Å². The fourth-order valence-electron chi connectivity index (χ4n) is 1.89. The third kappa shape index (κ3) is 2.74. The Kier molecular flexibility index (Phi) is 3.67. The Labute approximate surface area is 96.6 Å². The predicted octanol–water partition coefficient (Wildman–Crippen LogP) is 2.16. The highest BCUT2D eigenvalue weighted by molar-refractivity contribution is 7.81. The lowest BCUT2D eigenvalue weighted by Crippen LogP contribution is -2.32. The van der Waals surface area contributed by atoms with Gasteiger partial charge < -0.3 is 4.74 Å². The van der Waals surface area contributed by atoms with Gasteiger partial charge in [0, 0.05) is 11.8 Å². The lowest BCUT2D eigenvalue weighted by molar-refractivity contribution is -0.0305. The highest BCUT2D eigenvalue weighted by Gasteiger charge is 2.29. The summed E-state index contributed by atoms with van der Waals surface area (Å²) < 4.78 is 5.86. The molecular formula is C12H17NOS. The molecule has 3 heteroatoms. The summed E-state index contributed by atoms with van der Waals surface area (Å²) in [6.07, 6.45) is 1.27. The molecule has 1 aromatic carbocycles. The van der Waals surface area contributed by atoms with Gasteiger partial charge in [-0.05, 0) is 19.0 Å². The molecule has 2 rings (SSSR count). The molecule has 0 amide bonds. The van der Waals surface area contributed by atoms with Crippen molar-refractivity contribution in [2.24, 2.45) is 0 Å². The van der Waals surface area contributed by atoms with Crippen molar-refractivity contribution in [3.8, 4) is 0 Å². The summed E-state index contributed by atoms with van der Waals surface area (Å²) in [7, 11) is 2.09. The van der Waals surface area contributed by atoms with Crippen LogP contribution in [-0.2, 0) is 11.3 Å². The molecule has 2 unspecified atom stereocenters. The first-order chi connectivity index (χ1) is 7.27. The van der Waals surface area contributed by atoms with E-state index in [4.69, 9.17) is 4.74 Å². The highest BCUT2D eigenvalue weighted by Crippen LogP contribution is 2.22. The fraction of sp³-hybridized carbons (Fsp3) is 0.500. The van der Waals surface area contributed by atoms with Crippen molar-refractivity contribution in [1.29, 1.82) is 0 Å². The first-order valence-electron chi connectivity index (χ1n) is 5.31. The second-order valence-electron chi connectivity index (χ2n) is 4.02. The summed E-state index contributed by atoms with van der Waals surface area (Å²) in [5.41, 5.74) is 1.22. The van der Waals surface area contributed by atoms with Crippen LogP contribution in [0.3, 0.4) is 0 Å². The van der Waals surface area contributed by atoms with E-state index >= 15 is 0 Å². The molecule has 1 aliphatic heterocycles. The van der Waals surface area contributed by atoms with E-state index in [2.05, 4.69) is 36.7 Å². The van der Waals surface area contributed by atoms with Crippen LogP contribution in [0.2, 0.25) is 0 Å². The summed E-state index contributed by atoms with van der Waals surface area (Å²) in [6.45, 7) is 1.75. The number of rotatable bonds is 3. The molecule has 0 bridgehead atoms. The van der Waals surface area contributed by atoms with Crippen LogP contribution in [0.4, 0.5) is 0 Å². The topological polar surface area (TPSA) is 12.5 Å². The minimum Gasteiger partial charge on any atom is -0.357 e. The Morgan fingerprint density at radius 2 is 2.13 bits per heavy atom. The number of benzene rings is 1. The molecule has 82 valence electrons. The van der Waals surface area contributed by atoms with Crippen LogP contribution in [-0.4, -0.2) is 30.0 Å². The molecule has 0 aromatic heterocycles. The molecule has 1 aliphatic rings. The molecule has 1 saturated heterocycles. The van der Waals surface area contributed by atoms with E-state index in [0.29, 0.717) is 11.9 Å². The molecule has 1 aromatic rings. The summed E-state index contributed by atoms with van der Waals surface area (Å²) in [5, 5.41) is 0.346. The second-order valence-corrected chi connectivity index (χ2v) is 4.69. The van der Waals surface area contributed by atoms with Crippen LogP contribution in [0, 0.1) is 0 Å². The number of thiol groups is 1. The van der Waals surface area contributed by atoms with Crippen molar-refractivity contribution in [2.45, 2.75) is 24.5 Å². The van der Waals surface area contributed by atoms with Crippen LogP contribution in [0.1, 0.15) is 12.0 Å². The normalized spacial score (nSPS) is 27.1. The first kappa shape index (κ1) is 11.0. The average Bonchev–Trinajstić information content (AvgIpc) is 2.58. The molecule has 1 fully saturated rings. The Bertz CT molecular complexity index is 294. The molecule has 0 saturated carbocycles. The number of likely N-dealkylation sites (tertiary alicyclic amines) is 1. The average molecular weight is 223 g/mol. The van der Waals surface area contributed by atoms with Gasteiger partial charge in [0.05, 0.1) is 6.61 Å². The number of ether oxygens (including phenoxy) is 1. The maximum Gasteiger partial charge on any atom is 0.122 e. The summed E-state index contributed by atoms with van der Waals surface area (Å²) in [5.74, 6) is 0. The van der Waals surface area contributed by atoms with Crippen molar-refractivity contribution < 1.29 is 4.74 Å². The van der Waals surface area contributed by atoms with Crippen molar-refractivity contribution >= 4 is 12.6 Å². The minimum absolute atomic E-state index is 0.161. The number of hydrogen-bond donors (Lipinski definition) is 1. The molecule has 0 aliphatic carbocycles. The third-order valence-electron chi connectivity index (χ3n) is 2.80. The molecule has 1 heterocycles. The highest BCUT2D eigenvalue weighted by atomic mass is 32.1. The molecule has 0 radical (unpaired) electrons. The van der Waals surface area contributed by atoms with E-state index in [0.717, 1.165) is 13.0 Å². The zero-order valence-electron chi connectivity index (χ0n) is 8.97. The quantitative estimate of drug-likeness (QED) is 0.788. The lowest BCUT2D eigenvalue weighted by Gasteiger charge is -2.22. The lowest BCUT2D eigenvalue weighted by atomic mass is 10.2. The van der Waals surface area contributed by atoms with Crippen molar-refractivity contribution in [3.63, 3.8) is 0 Å². The number of hydrogen-bond acceptors (Lipinski definition) is 3. The van der Waals surface area contributed by atoms with Crippen LogP contribution < -0.4 is 0 Å². The van der Waals surface area contributed by atoms with E-state index in [1.165, 1.54) is 5.56 Å². The van der Waals surface area contributed by atoms with Crippen LogP contribution in [0.5, 0.6) is 0 Å². The van der Waals surface area contributed by atoms with Gasteiger partial charge >= 0.3 is 0 Å². The molecule has 0 spiro atoms. The summed E-state index contributed by atoms with van der Waals surface area (Å²) >= 11 is 4.53. The zero-order valence-corrected chi connectivity index (χ0v) is 9.86. The smallest absolute Gasteiger partial charge is 0.122 e. The van der Waals surface area contributed by atoms with Gasteiger partial charge in [-0.25, -0.2) is 0 Å². The van der Waals surface area contributed by atoms with E-state index in [-0.39, 0.29) is 6.23 Å². The maximum atomic E-state index is 5.86. The Balaban J connectivity index is 1.88. The first-order valence-corrected chi connectivity index (χ1v) is 5.83. The molecule has 0 N–H and O–H groups in total. The zero-order chi connectivity index (χ0) is 10.7. The van der Waals surface area contributed by atoms with E-state index < -0.39 is 0 Å². The van der Waals surface area contributed by atoms with E-state index in [9.17, 15) is 0 Å². The van der Waals surface area contributed by atoms with Gasteiger partial charge in [0.2, 0.25) is 0 Å². The van der Waals surface area contributed by atoms with Crippen LogP contribution in [0.15, 0.2) is 30.3 Å². The molecule has 2 atom stereocenters. The molecule has 15 heavy (non-hydrogen) atoms. The van der Waals surface area contributed by atoms with E-state index in [1.54, 1.807) is 0 Å². The Morgan fingerprint density at radius 1 is 1.40 bits per heavy atom. The summed E-state index contributed by atoms with van der Waals surface area (Å²) in [4.78, 5) is 2.22. The van der Waals surface area contributed by atoms with Gasteiger partial charge in [0.25, 0.3) is 0 Å². The SMILES string of the molecule is CN1CCC(S)C1OCc1ccccc1. The largest absolute Gasteiger partial charge is 0.357 e.